The number of aromatic nitrogens is 2. The summed E-state index contributed by atoms with van der Waals surface area (Å²) in [5, 5.41) is 3.92. The van der Waals surface area contributed by atoms with E-state index in [1.807, 2.05) is 24.3 Å². The highest BCUT2D eigenvalue weighted by molar-refractivity contribution is 5.93. The molecule has 1 amide bonds. The van der Waals surface area contributed by atoms with Gasteiger partial charge in [0.05, 0.1) is 7.11 Å². The zero-order valence-corrected chi connectivity index (χ0v) is 14.8. The molecule has 0 saturated heterocycles. The van der Waals surface area contributed by atoms with E-state index in [-0.39, 0.29) is 12.5 Å². The highest BCUT2D eigenvalue weighted by atomic mass is 16.5. The van der Waals surface area contributed by atoms with E-state index in [9.17, 15) is 4.79 Å². The molecule has 0 bridgehead atoms. The number of carbonyl (C=O) groups is 1. The fourth-order valence-corrected chi connectivity index (χ4v) is 2.26. The molecular formula is C19H19N3O4. The van der Waals surface area contributed by atoms with Crippen molar-refractivity contribution in [1.82, 2.24) is 15.0 Å². The topological polar surface area (TPSA) is 77.7 Å². The zero-order valence-electron chi connectivity index (χ0n) is 14.8. The first-order valence-corrected chi connectivity index (χ1v) is 7.98. The maximum atomic E-state index is 11.9. The third kappa shape index (κ3) is 4.00. The third-order valence-electron chi connectivity index (χ3n) is 3.68. The maximum Gasteiger partial charge on any atom is 0.258 e. The van der Waals surface area contributed by atoms with Crippen molar-refractivity contribution in [2.45, 2.75) is 6.61 Å². The molecule has 0 atom stereocenters. The molecule has 134 valence electrons. The molecule has 0 aliphatic heterocycles. The summed E-state index contributed by atoms with van der Waals surface area (Å²) in [6.07, 6.45) is 0. The van der Waals surface area contributed by atoms with Gasteiger partial charge in [-0.15, -0.1) is 0 Å². The molecule has 7 heteroatoms. The van der Waals surface area contributed by atoms with E-state index in [0.717, 1.165) is 11.3 Å². The number of hydrogen-bond acceptors (Lipinski definition) is 6. The Kier molecular flexibility index (Phi) is 5.17. The van der Waals surface area contributed by atoms with E-state index in [0.29, 0.717) is 23.0 Å². The zero-order chi connectivity index (χ0) is 18.5. The van der Waals surface area contributed by atoms with Crippen LogP contribution in [-0.2, 0) is 6.61 Å². The second kappa shape index (κ2) is 7.69. The van der Waals surface area contributed by atoms with Gasteiger partial charge in [0, 0.05) is 25.2 Å². The van der Waals surface area contributed by atoms with Crippen LogP contribution in [0.25, 0.3) is 11.5 Å². The Bertz CT molecular complexity index is 871. The van der Waals surface area contributed by atoms with Gasteiger partial charge < -0.3 is 18.9 Å². The summed E-state index contributed by atoms with van der Waals surface area (Å²) < 4.78 is 16.0. The summed E-state index contributed by atoms with van der Waals surface area (Å²) in [6, 6.07) is 14.3. The summed E-state index contributed by atoms with van der Waals surface area (Å²) in [6.45, 7) is 0.167. The molecule has 26 heavy (non-hydrogen) atoms. The number of rotatable bonds is 6. The van der Waals surface area contributed by atoms with Crippen LogP contribution in [0.2, 0.25) is 0 Å². The van der Waals surface area contributed by atoms with Gasteiger partial charge in [-0.05, 0) is 48.5 Å². The predicted octanol–water partition coefficient (Wildman–Crippen LogP) is 3.03. The minimum Gasteiger partial charge on any atom is -0.497 e. The van der Waals surface area contributed by atoms with Crippen molar-refractivity contribution >= 4 is 5.91 Å². The molecule has 0 aliphatic rings. The summed E-state index contributed by atoms with van der Waals surface area (Å²) >= 11 is 0. The van der Waals surface area contributed by atoms with Gasteiger partial charge in [0.15, 0.2) is 6.61 Å². The lowest BCUT2D eigenvalue weighted by Gasteiger charge is -2.10. The molecule has 1 heterocycles. The lowest BCUT2D eigenvalue weighted by atomic mass is 10.2. The highest BCUT2D eigenvalue weighted by Gasteiger charge is 2.11. The number of hydrogen-bond donors (Lipinski definition) is 0. The first-order chi connectivity index (χ1) is 12.6. The molecule has 0 radical (unpaired) electrons. The van der Waals surface area contributed by atoms with Crippen LogP contribution >= 0.6 is 0 Å². The lowest BCUT2D eigenvalue weighted by molar-refractivity contribution is 0.0827. The minimum atomic E-state index is -0.0566. The van der Waals surface area contributed by atoms with E-state index in [2.05, 4.69) is 10.1 Å². The fourth-order valence-electron chi connectivity index (χ4n) is 2.26. The van der Waals surface area contributed by atoms with Crippen molar-refractivity contribution in [2.75, 3.05) is 21.2 Å². The van der Waals surface area contributed by atoms with Crippen LogP contribution in [0.3, 0.4) is 0 Å². The van der Waals surface area contributed by atoms with Gasteiger partial charge >= 0.3 is 0 Å². The second-order valence-electron chi connectivity index (χ2n) is 5.76. The summed E-state index contributed by atoms with van der Waals surface area (Å²) in [4.78, 5) is 17.7. The summed E-state index contributed by atoms with van der Waals surface area (Å²) in [5.41, 5.74) is 1.40. The molecule has 0 aliphatic carbocycles. The van der Waals surface area contributed by atoms with E-state index in [4.69, 9.17) is 14.0 Å². The quantitative estimate of drug-likeness (QED) is 0.678. The largest absolute Gasteiger partial charge is 0.497 e. The summed E-state index contributed by atoms with van der Waals surface area (Å²) in [7, 11) is 5.03. The molecule has 3 rings (SSSR count). The lowest BCUT2D eigenvalue weighted by Crippen LogP contribution is -2.21. The van der Waals surface area contributed by atoms with Crippen LogP contribution < -0.4 is 9.47 Å². The van der Waals surface area contributed by atoms with Crippen molar-refractivity contribution in [3.05, 3.63) is 59.9 Å². The maximum absolute atomic E-state index is 11.9. The average molecular weight is 353 g/mol. The SMILES string of the molecule is COc1ccc(-c2nc(COc3ccc(C(=O)N(C)C)cc3)no2)cc1. The van der Waals surface area contributed by atoms with Gasteiger partial charge in [-0.25, -0.2) is 0 Å². The van der Waals surface area contributed by atoms with E-state index in [1.54, 1.807) is 45.5 Å². The van der Waals surface area contributed by atoms with E-state index < -0.39 is 0 Å². The Morgan fingerprint density at radius 1 is 1.04 bits per heavy atom. The van der Waals surface area contributed by atoms with Gasteiger partial charge in [0.2, 0.25) is 5.82 Å². The molecular weight excluding hydrogens is 334 g/mol. The van der Waals surface area contributed by atoms with Crippen LogP contribution in [0.5, 0.6) is 11.5 Å². The van der Waals surface area contributed by atoms with Crippen molar-refractivity contribution in [1.29, 1.82) is 0 Å². The van der Waals surface area contributed by atoms with Gasteiger partial charge in [-0.3, -0.25) is 4.79 Å². The predicted molar refractivity (Wildman–Crippen MR) is 95.1 cm³/mol. The van der Waals surface area contributed by atoms with Gasteiger partial charge in [0.25, 0.3) is 11.8 Å². The Hall–Kier alpha value is -3.35. The van der Waals surface area contributed by atoms with Crippen molar-refractivity contribution in [3.8, 4) is 23.0 Å². The van der Waals surface area contributed by atoms with E-state index >= 15 is 0 Å². The second-order valence-corrected chi connectivity index (χ2v) is 5.76. The number of nitrogens with zero attached hydrogens (tertiary/aromatic N) is 3. The first kappa shape index (κ1) is 17.5. The number of methoxy groups -OCH3 is 1. The standard InChI is InChI=1S/C19H19N3O4/c1-22(2)19(23)14-6-10-16(11-7-14)25-12-17-20-18(26-21-17)13-4-8-15(24-3)9-5-13/h4-11H,12H2,1-3H3. The molecule has 7 nitrogen and oxygen atoms in total. The molecule has 0 N–H and O–H groups in total. The fraction of sp³-hybridized carbons (Fsp3) is 0.211. The third-order valence-corrected chi connectivity index (χ3v) is 3.68. The van der Waals surface area contributed by atoms with Gasteiger partial charge in [-0.1, -0.05) is 5.16 Å². The van der Waals surface area contributed by atoms with Gasteiger partial charge in [-0.2, -0.15) is 4.98 Å². The van der Waals surface area contributed by atoms with Crippen molar-refractivity contribution in [3.63, 3.8) is 0 Å². The monoisotopic (exact) mass is 353 g/mol. The molecule has 1 aromatic heterocycles. The van der Waals surface area contributed by atoms with Crippen LogP contribution in [0.15, 0.2) is 53.1 Å². The molecule has 0 fully saturated rings. The smallest absolute Gasteiger partial charge is 0.258 e. The Balaban J connectivity index is 1.61. The van der Waals surface area contributed by atoms with Crippen molar-refractivity contribution in [2.24, 2.45) is 0 Å². The van der Waals surface area contributed by atoms with Crippen LogP contribution in [0.1, 0.15) is 16.2 Å². The molecule has 0 spiro atoms. The normalized spacial score (nSPS) is 10.4. The molecule has 2 aromatic carbocycles. The van der Waals surface area contributed by atoms with Crippen LogP contribution in [0, 0.1) is 0 Å². The Labute approximate surface area is 151 Å². The van der Waals surface area contributed by atoms with Crippen LogP contribution in [0.4, 0.5) is 0 Å². The Morgan fingerprint density at radius 2 is 1.69 bits per heavy atom. The molecule has 0 unspecified atom stereocenters. The Morgan fingerprint density at radius 3 is 2.31 bits per heavy atom. The highest BCUT2D eigenvalue weighted by Crippen LogP contribution is 2.21. The number of carbonyl (C=O) groups excluding carboxylic acids is 1. The van der Waals surface area contributed by atoms with Crippen LogP contribution in [-0.4, -0.2) is 42.2 Å². The number of ether oxygens (including phenoxy) is 2. The molecule has 0 saturated carbocycles. The summed E-state index contributed by atoms with van der Waals surface area (Å²) in [5.74, 6) is 2.17. The molecule has 3 aromatic rings. The first-order valence-electron chi connectivity index (χ1n) is 7.98. The van der Waals surface area contributed by atoms with E-state index in [1.165, 1.54) is 4.90 Å². The van der Waals surface area contributed by atoms with Gasteiger partial charge in [0.1, 0.15) is 11.5 Å². The number of benzene rings is 2. The van der Waals surface area contributed by atoms with Crippen molar-refractivity contribution < 1.29 is 18.8 Å². The number of amides is 1. The average Bonchev–Trinajstić information content (AvgIpc) is 3.15. The minimum absolute atomic E-state index is 0.0566.